The molecule has 0 saturated carbocycles. The first kappa shape index (κ1) is 23.9. The van der Waals surface area contributed by atoms with Crippen LogP contribution in [-0.4, -0.2) is 26.2 Å². The van der Waals surface area contributed by atoms with Crippen molar-refractivity contribution in [3.8, 4) is 0 Å². The van der Waals surface area contributed by atoms with Crippen molar-refractivity contribution in [1.82, 2.24) is 0 Å². The van der Waals surface area contributed by atoms with Crippen LogP contribution in [0.4, 0.5) is 17.1 Å². The molecule has 33 heavy (non-hydrogen) atoms. The van der Waals surface area contributed by atoms with E-state index in [0.29, 0.717) is 29.1 Å². The van der Waals surface area contributed by atoms with Crippen molar-refractivity contribution in [2.24, 2.45) is 0 Å². The summed E-state index contributed by atoms with van der Waals surface area (Å²) in [5, 5.41) is 8.05. The first-order chi connectivity index (χ1) is 16.0. The Morgan fingerprint density at radius 3 is 2.09 bits per heavy atom. The fourth-order valence-electron chi connectivity index (χ4n) is 3.57. The summed E-state index contributed by atoms with van der Waals surface area (Å²) in [6.45, 7) is 11.2. The van der Waals surface area contributed by atoms with Crippen molar-refractivity contribution in [1.29, 1.82) is 0 Å². The van der Waals surface area contributed by atoms with Gasteiger partial charge in [0.2, 0.25) is 0 Å². The van der Waals surface area contributed by atoms with Crippen molar-refractivity contribution >= 4 is 39.0 Å². The van der Waals surface area contributed by atoms with E-state index in [-0.39, 0.29) is 11.3 Å². The number of nitrogens with one attached hydrogen (secondary N) is 2. The molecular weight excluding hydrogens is 418 g/mol. The molecule has 0 amide bonds. The van der Waals surface area contributed by atoms with Crippen LogP contribution < -0.4 is 26.8 Å². The number of anilines is 3. The summed E-state index contributed by atoms with van der Waals surface area (Å²) in [7, 11) is 0. The number of para-hydroxylation sites is 1. The Bertz CT molecular complexity index is 1320. The van der Waals surface area contributed by atoms with Crippen molar-refractivity contribution in [3.05, 3.63) is 75.4 Å². The van der Waals surface area contributed by atoms with E-state index in [4.69, 9.17) is 8.83 Å². The number of fused-ring (bicyclic) bond motifs is 2. The average molecular weight is 450 g/mol. The minimum atomic E-state index is -0.326. The Labute approximate surface area is 193 Å². The molecule has 7 heteroatoms. The smallest absolute Gasteiger partial charge is 0.360 e. The van der Waals surface area contributed by atoms with Crippen molar-refractivity contribution in [2.45, 2.75) is 27.7 Å². The van der Waals surface area contributed by atoms with Gasteiger partial charge in [-0.25, -0.2) is 9.59 Å². The van der Waals surface area contributed by atoms with Crippen molar-refractivity contribution in [3.63, 3.8) is 0 Å². The molecule has 0 aliphatic rings. The van der Waals surface area contributed by atoms with Crippen LogP contribution >= 0.6 is 0 Å². The Kier molecular flexibility index (Phi) is 8.13. The quantitative estimate of drug-likeness (QED) is 0.370. The molecule has 2 aromatic carbocycles. The summed E-state index contributed by atoms with van der Waals surface area (Å²) in [4.78, 5) is 25.4. The minimum absolute atomic E-state index is 0.262. The number of benzene rings is 2. The molecule has 2 aromatic heterocycles. The van der Waals surface area contributed by atoms with Gasteiger partial charge in [0.15, 0.2) is 0 Å². The van der Waals surface area contributed by atoms with Gasteiger partial charge in [-0.15, -0.1) is 0 Å². The van der Waals surface area contributed by atoms with Crippen LogP contribution in [0, 0.1) is 0 Å². The molecule has 4 rings (SSSR count). The van der Waals surface area contributed by atoms with Crippen LogP contribution in [0.1, 0.15) is 27.7 Å². The highest BCUT2D eigenvalue weighted by Crippen LogP contribution is 2.20. The lowest BCUT2D eigenvalue weighted by Gasteiger charge is -2.19. The second kappa shape index (κ2) is 11.2. The normalized spacial score (nSPS) is 10.5. The zero-order valence-electron chi connectivity index (χ0n) is 19.6. The molecule has 7 nitrogen and oxygen atoms in total. The van der Waals surface area contributed by atoms with E-state index in [1.807, 2.05) is 87.2 Å². The van der Waals surface area contributed by atoms with Crippen molar-refractivity contribution < 1.29 is 8.83 Å². The topological polar surface area (TPSA) is 87.7 Å². The summed E-state index contributed by atoms with van der Waals surface area (Å²) in [5.41, 5.74) is 2.77. The zero-order chi connectivity index (χ0) is 23.8. The summed E-state index contributed by atoms with van der Waals surface area (Å²) in [5.74, 6) is 0. The fourth-order valence-corrected chi connectivity index (χ4v) is 3.57. The second-order valence-electron chi connectivity index (χ2n) is 7.39. The molecule has 174 valence electrons. The van der Waals surface area contributed by atoms with Gasteiger partial charge in [-0.05, 0) is 58.0 Å². The second-order valence-corrected chi connectivity index (χ2v) is 7.39. The Balaban J connectivity index is 0.000000186. The summed E-state index contributed by atoms with van der Waals surface area (Å²) >= 11 is 0. The molecule has 0 bridgehead atoms. The van der Waals surface area contributed by atoms with Crippen LogP contribution in [0.15, 0.2) is 73.0 Å². The first-order valence-electron chi connectivity index (χ1n) is 11.3. The molecule has 0 radical (unpaired) electrons. The van der Waals surface area contributed by atoms with Gasteiger partial charge in [-0.3, -0.25) is 0 Å². The SMILES string of the molecule is CCN(CC)c1cc2ccccc2oc1=O.CCNc1ccc2cc(NCC)c(=O)oc2c1. The number of hydrogen-bond acceptors (Lipinski definition) is 7. The average Bonchev–Trinajstić information content (AvgIpc) is 2.81. The Hall–Kier alpha value is -3.74. The third kappa shape index (κ3) is 5.74. The molecule has 0 fully saturated rings. The molecule has 4 aromatic rings. The van der Waals surface area contributed by atoms with Gasteiger partial charge in [0.25, 0.3) is 0 Å². The molecule has 0 aliphatic carbocycles. The largest absolute Gasteiger partial charge is 0.421 e. The van der Waals surface area contributed by atoms with E-state index in [1.165, 1.54) is 0 Å². The van der Waals surface area contributed by atoms with Gasteiger partial charge in [0.1, 0.15) is 22.5 Å². The van der Waals surface area contributed by atoms with Crippen molar-refractivity contribution in [2.75, 3.05) is 41.7 Å². The van der Waals surface area contributed by atoms with Gasteiger partial charge >= 0.3 is 11.3 Å². The van der Waals surface area contributed by atoms with E-state index in [2.05, 4.69) is 10.6 Å². The molecule has 0 atom stereocenters. The highest BCUT2D eigenvalue weighted by atomic mass is 16.4. The molecule has 0 saturated heterocycles. The third-order valence-electron chi connectivity index (χ3n) is 5.21. The van der Waals surface area contributed by atoms with Gasteiger partial charge in [0.05, 0.1) is 0 Å². The van der Waals surface area contributed by atoms with Gasteiger partial charge in [0, 0.05) is 48.7 Å². The molecule has 0 unspecified atom stereocenters. The van der Waals surface area contributed by atoms with E-state index < -0.39 is 0 Å². The number of rotatable bonds is 7. The lowest BCUT2D eigenvalue weighted by Crippen LogP contribution is -2.27. The fraction of sp³-hybridized carbons (Fsp3) is 0.308. The first-order valence-corrected chi connectivity index (χ1v) is 11.3. The Morgan fingerprint density at radius 2 is 1.39 bits per heavy atom. The standard InChI is InChI=1S/C13H16N2O2.C13H15NO2/c1-3-14-10-6-5-9-7-11(15-4-2)13(16)17-12(9)8-10;1-3-14(4-2)11-9-10-7-5-6-8-12(10)16-13(11)15/h5-8,14-15H,3-4H2,1-2H3;5-9H,3-4H2,1-2H3. The lowest BCUT2D eigenvalue weighted by molar-refractivity contribution is 0.558. The predicted molar refractivity (Wildman–Crippen MR) is 137 cm³/mol. The highest BCUT2D eigenvalue weighted by molar-refractivity contribution is 5.83. The van der Waals surface area contributed by atoms with Crippen LogP contribution in [-0.2, 0) is 0 Å². The van der Waals surface area contributed by atoms with E-state index >= 15 is 0 Å². The van der Waals surface area contributed by atoms with Crippen LogP contribution in [0.25, 0.3) is 21.9 Å². The zero-order valence-corrected chi connectivity index (χ0v) is 19.6. The van der Waals surface area contributed by atoms with Gasteiger partial charge in [-0.2, -0.15) is 0 Å². The lowest BCUT2D eigenvalue weighted by atomic mass is 10.2. The van der Waals surface area contributed by atoms with Gasteiger partial charge < -0.3 is 24.4 Å². The summed E-state index contributed by atoms with van der Waals surface area (Å²) in [6.07, 6.45) is 0. The predicted octanol–water partition coefficient (Wildman–Crippen LogP) is 5.30. The summed E-state index contributed by atoms with van der Waals surface area (Å²) < 4.78 is 10.6. The van der Waals surface area contributed by atoms with E-state index in [1.54, 1.807) is 0 Å². The number of hydrogen-bond donors (Lipinski definition) is 2. The van der Waals surface area contributed by atoms with Crippen LogP contribution in [0.3, 0.4) is 0 Å². The maximum absolute atomic E-state index is 11.8. The minimum Gasteiger partial charge on any atom is -0.421 e. The molecular formula is C26H31N3O4. The maximum atomic E-state index is 11.8. The Morgan fingerprint density at radius 1 is 0.727 bits per heavy atom. The third-order valence-corrected chi connectivity index (χ3v) is 5.21. The molecule has 2 heterocycles. The highest BCUT2D eigenvalue weighted by Gasteiger charge is 2.09. The van der Waals surface area contributed by atoms with E-state index in [9.17, 15) is 9.59 Å². The maximum Gasteiger partial charge on any atom is 0.360 e. The molecule has 0 spiro atoms. The summed E-state index contributed by atoms with van der Waals surface area (Å²) in [6, 6.07) is 17.0. The van der Waals surface area contributed by atoms with Crippen LogP contribution in [0.5, 0.6) is 0 Å². The number of nitrogens with zero attached hydrogens (tertiary/aromatic N) is 1. The van der Waals surface area contributed by atoms with Gasteiger partial charge in [-0.1, -0.05) is 18.2 Å². The molecule has 0 aliphatic heterocycles. The molecule has 2 N–H and O–H groups in total. The van der Waals surface area contributed by atoms with E-state index in [0.717, 1.165) is 36.1 Å². The van der Waals surface area contributed by atoms with Crippen LogP contribution in [0.2, 0.25) is 0 Å². The monoisotopic (exact) mass is 449 g/mol.